The Kier molecular flexibility index (Phi) is 2.49. The van der Waals surface area contributed by atoms with Crippen LogP contribution in [-0.4, -0.2) is 5.11 Å². The third-order valence-electron chi connectivity index (χ3n) is 2.59. The zero-order valence-electron chi connectivity index (χ0n) is 7.50. The Balaban J connectivity index is 2.38. The molecule has 1 aliphatic rings. The van der Waals surface area contributed by atoms with Crippen molar-refractivity contribution in [2.24, 2.45) is 11.7 Å². The SMILES string of the molecule is N[C@H](c1ccc(F)c(Br)c1O)C1CC1. The van der Waals surface area contributed by atoms with E-state index in [9.17, 15) is 9.50 Å². The first-order chi connectivity index (χ1) is 6.61. The van der Waals surface area contributed by atoms with Gasteiger partial charge in [-0.3, -0.25) is 0 Å². The van der Waals surface area contributed by atoms with Crippen LogP contribution in [0.25, 0.3) is 0 Å². The van der Waals surface area contributed by atoms with E-state index in [-0.39, 0.29) is 16.3 Å². The van der Waals surface area contributed by atoms with E-state index >= 15 is 0 Å². The summed E-state index contributed by atoms with van der Waals surface area (Å²) in [5.41, 5.74) is 6.54. The highest BCUT2D eigenvalue weighted by Gasteiger charge is 2.31. The minimum Gasteiger partial charge on any atom is -0.506 e. The average Bonchev–Trinajstić information content (AvgIpc) is 2.97. The molecule has 1 fully saturated rings. The maximum atomic E-state index is 13.0. The van der Waals surface area contributed by atoms with Gasteiger partial charge in [-0.25, -0.2) is 4.39 Å². The highest BCUT2D eigenvalue weighted by molar-refractivity contribution is 9.10. The number of halogens is 2. The number of rotatable bonds is 2. The molecule has 1 saturated carbocycles. The monoisotopic (exact) mass is 259 g/mol. The summed E-state index contributed by atoms with van der Waals surface area (Å²) in [5, 5.41) is 9.66. The van der Waals surface area contributed by atoms with Crippen LogP contribution in [0, 0.1) is 11.7 Å². The summed E-state index contributed by atoms with van der Waals surface area (Å²) < 4.78 is 13.1. The zero-order valence-corrected chi connectivity index (χ0v) is 9.09. The van der Waals surface area contributed by atoms with Gasteiger partial charge in [0.1, 0.15) is 11.6 Å². The Morgan fingerprint density at radius 2 is 2.14 bits per heavy atom. The van der Waals surface area contributed by atoms with Gasteiger partial charge in [0.05, 0.1) is 4.47 Å². The average molecular weight is 260 g/mol. The molecule has 0 radical (unpaired) electrons. The van der Waals surface area contributed by atoms with E-state index in [2.05, 4.69) is 15.9 Å². The zero-order chi connectivity index (χ0) is 10.3. The van der Waals surface area contributed by atoms with Crippen LogP contribution in [0.3, 0.4) is 0 Å². The largest absolute Gasteiger partial charge is 0.506 e. The second-order valence-corrected chi connectivity index (χ2v) is 4.46. The van der Waals surface area contributed by atoms with Gasteiger partial charge >= 0.3 is 0 Å². The molecule has 76 valence electrons. The van der Waals surface area contributed by atoms with Gasteiger partial charge in [-0.15, -0.1) is 0 Å². The van der Waals surface area contributed by atoms with Gasteiger partial charge in [0.15, 0.2) is 0 Å². The molecule has 1 aromatic rings. The van der Waals surface area contributed by atoms with E-state index in [0.29, 0.717) is 11.5 Å². The van der Waals surface area contributed by atoms with Gasteiger partial charge in [0.2, 0.25) is 0 Å². The van der Waals surface area contributed by atoms with Crippen molar-refractivity contribution in [1.29, 1.82) is 0 Å². The minimum absolute atomic E-state index is 0.0654. The maximum absolute atomic E-state index is 13.0. The first kappa shape index (κ1) is 9.93. The molecule has 0 bridgehead atoms. The Labute approximate surface area is 90.1 Å². The molecule has 0 saturated heterocycles. The number of nitrogens with two attached hydrogens (primary N) is 1. The third-order valence-corrected chi connectivity index (χ3v) is 3.34. The Morgan fingerprint density at radius 1 is 1.50 bits per heavy atom. The minimum atomic E-state index is -0.464. The highest BCUT2D eigenvalue weighted by Crippen LogP contribution is 2.43. The Bertz CT molecular complexity index is 365. The first-order valence-corrected chi connectivity index (χ1v) is 5.33. The van der Waals surface area contributed by atoms with Crippen molar-refractivity contribution in [2.75, 3.05) is 0 Å². The lowest BCUT2D eigenvalue weighted by Gasteiger charge is -2.13. The number of phenols is 1. The van der Waals surface area contributed by atoms with Crippen molar-refractivity contribution < 1.29 is 9.50 Å². The normalized spacial score (nSPS) is 18.2. The van der Waals surface area contributed by atoms with E-state index in [1.165, 1.54) is 6.07 Å². The van der Waals surface area contributed by atoms with Crippen LogP contribution >= 0.6 is 15.9 Å². The molecule has 0 spiro atoms. The molecule has 2 rings (SSSR count). The first-order valence-electron chi connectivity index (χ1n) is 4.53. The summed E-state index contributed by atoms with van der Waals surface area (Å²) >= 11 is 2.99. The lowest BCUT2D eigenvalue weighted by atomic mass is 10.0. The molecule has 3 N–H and O–H groups in total. The van der Waals surface area contributed by atoms with Crippen molar-refractivity contribution >= 4 is 15.9 Å². The fourth-order valence-corrected chi connectivity index (χ4v) is 1.89. The quantitative estimate of drug-likeness (QED) is 0.858. The molecule has 0 unspecified atom stereocenters. The van der Waals surface area contributed by atoms with Crippen molar-refractivity contribution in [3.8, 4) is 5.75 Å². The molecule has 0 heterocycles. The van der Waals surface area contributed by atoms with E-state index < -0.39 is 5.82 Å². The van der Waals surface area contributed by atoms with Gasteiger partial charge in [-0.05, 0) is 40.8 Å². The lowest BCUT2D eigenvalue weighted by molar-refractivity contribution is 0.445. The number of phenolic OH excluding ortho intramolecular Hbond substituents is 1. The van der Waals surface area contributed by atoms with Crippen LogP contribution in [0.5, 0.6) is 5.75 Å². The second-order valence-electron chi connectivity index (χ2n) is 3.66. The molecule has 4 heteroatoms. The van der Waals surface area contributed by atoms with E-state index in [4.69, 9.17) is 5.73 Å². The predicted octanol–water partition coefficient (Wildman–Crippen LogP) is 2.70. The number of hydrogen-bond donors (Lipinski definition) is 2. The van der Waals surface area contributed by atoms with Crippen LogP contribution in [0.1, 0.15) is 24.4 Å². The molecule has 0 aliphatic heterocycles. The molecule has 1 aliphatic carbocycles. The summed E-state index contributed by atoms with van der Waals surface area (Å²) in [5.74, 6) is -0.0862. The summed E-state index contributed by atoms with van der Waals surface area (Å²) in [6, 6.07) is 2.70. The molecule has 1 atom stereocenters. The summed E-state index contributed by atoms with van der Waals surface area (Å²) in [6.07, 6.45) is 2.19. The van der Waals surface area contributed by atoms with Crippen molar-refractivity contribution in [1.82, 2.24) is 0 Å². The van der Waals surface area contributed by atoms with Gasteiger partial charge in [0, 0.05) is 11.6 Å². The van der Waals surface area contributed by atoms with Crippen molar-refractivity contribution in [3.63, 3.8) is 0 Å². The Hall–Kier alpha value is -0.610. The molecule has 2 nitrogen and oxygen atoms in total. The molecular formula is C10H11BrFNO. The fraction of sp³-hybridized carbons (Fsp3) is 0.400. The Morgan fingerprint density at radius 3 is 2.71 bits per heavy atom. The lowest BCUT2D eigenvalue weighted by Crippen LogP contribution is -2.12. The topological polar surface area (TPSA) is 46.2 Å². The van der Waals surface area contributed by atoms with Crippen LogP contribution in [0.2, 0.25) is 0 Å². The number of aromatic hydroxyl groups is 1. The predicted molar refractivity (Wildman–Crippen MR) is 55.4 cm³/mol. The number of hydrogen-bond acceptors (Lipinski definition) is 2. The molecular weight excluding hydrogens is 249 g/mol. The second kappa shape index (κ2) is 3.51. The van der Waals surface area contributed by atoms with Gasteiger partial charge in [-0.1, -0.05) is 6.07 Å². The highest BCUT2D eigenvalue weighted by atomic mass is 79.9. The molecule has 0 amide bonds. The van der Waals surface area contributed by atoms with E-state index in [1.54, 1.807) is 6.07 Å². The standard InChI is InChI=1S/C10H11BrFNO/c11-8-7(12)4-3-6(10(8)14)9(13)5-1-2-5/h3-5,9,14H,1-2,13H2/t9-/m0/s1. The van der Waals surface area contributed by atoms with Gasteiger partial charge in [0.25, 0.3) is 0 Å². The van der Waals surface area contributed by atoms with E-state index in [1.807, 2.05) is 0 Å². The summed E-state index contributed by atoms with van der Waals surface area (Å²) in [7, 11) is 0. The number of benzene rings is 1. The van der Waals surface area contributed by atoms with E-state index in [0.717, 1.165) is 12.8 Å². The smallest absolute Gasteiger partial charge is 0.141 e. The fourth-order valence-electron chi connectivity index (χ4n) is 1.53. The summed E-state index contributed by atoms with van der Waals surface area (Å²) in [6.45, 7) is 0. The van der Waals surface area contributed by atoms with Crippen LogP contribution in [0.4, 0.5) is 4.39 Å². The third kappa shape index (κ3) is 1.64. The molecule has 0 aromatic heterocycles. The maximum Gasteiger partial charge on any atom is 0.141 e. The van der Waals surface area contributed by atoms with Gasteiger partial charge < -0.3 is 10.8 Å². The van der Waals surface area contributed by atoms with Crippen LogP contribution in [0.15, 0.2) is 16.6 Å². The van der Waals surface area contributed by atoms with Gasteiger partial charge in [-0.2, -0.15) is 0 Å². The van der Waals surface area contributed by atoms with Crippen LogP contribution < -0.4 is 5.73 Å². The van der Waals surface area contributed by atoms with Crippen molar-refractivity contribution in [2.45, 2.75) is 18.9 Å². The van der Waals surface area contributed by atoms with Crippen molar-refractivity contribution in [3.05, 3.63) is 28.0 Å². The summed E-state index contributed by atoms with van der Waals surface area (Å²) in [4.78, 5) is 0. The molecule has 14 heavy (non-hydrogen) atoms. The molecule has 1 aromatic carbocycles. The van der Waals surface area contributed by atoms with Crippen LogP contribution in [-0.2, 0) is 0 Å².